The highest BCUT2D eigenvalue weighted by molar-refractivity contribution is 7.80. The lowest BCUT2D eigenvalue weighted by Gasteiger charge is -2.46. The number of benzene rings is 3. The summed E-state index contributed by atoms with van der Waals surface area (Å²) in [6, 6.07) is 29.2. The van der Waals surface area contributed by atoms with Crippen LogP contribution < -0.4 is 5.32 Å². The van der Waals surface area contributed by atoms with Crippen molar-refractivity contribution in [2.24, 2.45) is 0 Å². The number of ether oxygens (including phenoxy) is 1. The molecule has 6 heteroatoms. The number of methoxy groups -OCH3 is 1. The molecule has 172 valence electrons. The van der Waals surface area contributed by atoms with Crippen molar-refractivity contribution in [3.63, 3.8) is 0 Å². The Bertz CT molecular complexity index is 1120. The predicted octanol–water partition coefficient (Wildman–Crippen LogP) is 4.57. The third-order valence-corrected chi connectivity index (χ3v) is 6.41. The summed E-state index contributed by atoms with van der Waals surface area (Å²) >= 11 is 5.68. The second-order valence-electron chi connectivity index (χ2n) is 8.28. The van der Waals surface area contributed by atoms with E-state index >= 15 is 0 Å². The maximum absolute atomic E-state index is 13.4. The van der Waals surface area contributed by atoms with Gasteiger partial charge in [-0.2, -0.15) is 0 Å². The molecule has 34 heavy (non-hydrogen) atoms. The van der Waals surface area contributed by atoms with E-state index in [1.165, 1.54) is 12.0 Å². The lowest BCUT2D eigenvalue weighted by Crippen LogP contribution is -2.70. The molecule has 0 aromatic heterocycles. The van der Waals surface area contributed by atoms with Gasteiger partial charge in [0, 0.05) is 0 Å². The van der Waals surface area contributed by atoms with Gasteiger partial charge < -0.3 is 4.74 Å². The predicted molar refractivity (Wildman–Crippen MR) is 136 cm³/mol. The van der Waals surface area contributed by atoms with E-state index in [4.69, 9.17) is 17.0 Å². The van der Waals surface area contributed by atoms with E-state index < -0.39 is 17.6 Å². The molecule has 4 rings (SSSR count). The molecule has 3 aromatic carbocycles. The van der Waals surface area contributed by atoms with Crippen LogP contribution in [0, 0.1) is 0 Å². The van der Waals surface area contributed by atoms with E-state index in [0.717, 1.165) is 16.7 Å². The van der Waals surface area contributed by atoms with Crippen LogP contribution in [0.2, 0.25) is 0 Å². The number of β-lactam (4-membered cyclic amide) rings is 1. The Hall–Kier alpha value is -3.61. The molecule has 1 amide bonds. The molecule has 1 heterocycles. The minimum Gasteiger partial charge on any atom is -0.464 e. The minimum absolute atomic E-state index is 0.167. The number of nitrogens with zero attached hydrogens (tertiary/aromatic N) is 1. The summed E-state index contributed by atoms with van der Waals surface area (Å²) in [6.07, 6.45) is 0. The first kappa shape index (κ1) is 23.5. The molecule has 1 fully saturated rings. The van der Waals surface area contributed by atoms with Crippen molar-refractivity contribution in [3.8, 4) is 0 Å². The molecule has 1 aliphatic rings. The third-order valence-electron chi connectivity index (χ3n) is 5.99. The molecule has 1 atom stereocenters. The van der Waals surface area contributed by atoms with Gasteiger partial charge in [0.25, 0.3) is 5.91 Å². The van der Waals surface area contributed by atoms with Crippen LogP contribution in [-0.4, -0.2) is 34.9 Å². The van der Waals surface area contributed by atoms with Gasteiger partial charge in [0.05, 0.1) is 12.6 Å². The van der Waals surface area contributed by atoms with Crippen molar-refractivity contribution in [3.05, 3.63) is 119 Å². The Morgan fingerprint density at radius 2 is 1.26 bits per heavy atom. The first-order chi connectivity index (χ1) is 16.4. The van der Waals surface area contributed by atoms with E-state index in [0.29, 0.717) is 10.6 Å². The fourth-order valence-corrected chi connectivity index (χ4v) is 4.74. The normalized spacial score (nSPS) is 15.5. The molecular formula is C28H26N2O3S. The molecule has 3 aromatic rings. The van der Waals surface area contributed by atoms with Gasteiger partial charge in [-0.1, -0.05) is 103 Å². The molecule has 0 bridgehead atoms. The van der Waals surface area contributed by atoms with Gasteiger partial charge in [0.15, 0.2) is 0 Å². The summed E-state index contributed by atoms with van der Waals surface area (Å²) in [4.78, 5) is 27.4. The number of hydrogen-bond donors (Lipinski definition) is 1. The van der Waals surface area contributed by atoms with E-state index in [1.807, 2.05) is 91.0 Å². The number of amides is 1. The van der Waals surface area contributed by atoms with Gasteiger partial charge in [0.2, 0.25) is 0 Å². The topological polar surface area (TPSA) is 58.6 Å². The van der Waals surface area contributed by atoms with Crippen molar-refractivity contribution < 1.29 is 14.3 Å². The molecule has 1 unspecified atom stereocenters. The second kappa shape index (κ2) is 9.71. The maximum Gasteiger partial charge on any atom is 0.355 e. The van der Waals surface area contributed by atoms with E-state index in [9.17, 15) is 9.59 Å². The summed E-state index contributed by atoms with van der Waals surface area (Å²) in [7, 11) is 1.29. The van der Waals surface area contributed by atoms with Crippen LogP contribution in [0.4, 0.5) is 0 Å². The first-order valence-electron chi connectivity index (χ1n) is 11.0. The number of carbonyl (C=O) groups is 2. The monoisotopic (exact) mass is 470 g/mol. The van der Waals surface area contributed by atoms with Gasteiger partial charge in [-0.15, -0.1) is 0 Å². The lowest BCUT2D eigenvalue weighted by molar-refractivity contribution is -0.142. The molecule has 0 saturated carbocycles. The molecule has 1 N–H and O–H groups in total. The van der Waals surface area contributed by atoms with Crippen molar-refractivity contribution >= 4 is 29.1 Å². The van der Waals surface area contributed by atoms with Gasteiger partial charge in [0.1, 0.15) is 16.7 Å². The van der Waals surface area contributed by atoms with E-state index in [-0.39, 0.29) is 11.6 Å². The summed E-state index contributed by atoms with van der Waals surface area (Å²) < 4.78 is 4.90. The van der Waals surface area contributed by atoms with Crippen molar-refractivity contribution in [1.82, 2.24) is 10.2 Å². The van der Waals surface area contributed by atoms with Crippen LogP contribution in [0.15, 0.2) is 102 Å². The minimum atomic E-state index is -0.851. The van der Waals surface area contributed by atoms with Crippen molar-refractivity contribution in [2.45, 2.75) is 25.4 Å². The van der Waals surface area contributed by atoms with E-state index in [1.54, 1.807) is 13.8 Å². The van der Waals surface area contributed by atoms with Crippen molar-refractivity contribution in [1.29, 1.82) is 0 Å². The molecule has 0 radical (unpaired) electrons. The highest BCUT2D eigenvalue weighted by atomic mass is 32.1. The zero-order chi connectivity index (χ0) is 24.3. The number of esters is 1. The fourth-order valence-electron chi connectivity index (χ4n) is 4.40. The van der Waals surface area contributed by atoms with E-state index in [2.05, 4.69) is 5.32 Å². The van der Waals surface area contributed by atoms with Crippen molar-refractivity contribution in [2.75, 3.05) is 7.11 Å². The number of thiocarbonyl (C=S) groups is 1. The number of nitrogens with one attached hydrogen (secondary N) is 1. The number of allylic oxidation sites excluding steroid dienone is 1. The average Bonchev–Trinajstić information content (AvgIpc) is 2.88. The Morgan fingerprint density at radius 1 is 0.853 bits per heavy atom. The Morgan fingerprint density at radius 3 is 1.59 bits per heavy atom. The first-order valence-corrected chi connectivity index (χ1v) is 11.4. The quantitative estimate of drug-likeness (QED) is 0.180. The summed E-state index contributed by atoms with van der Waals surface area (Å²) in [6.45, 7) is 3.51. The zero-order valence-corrected chi connectivity index (χ0v) is 20.1. The van der Waals surface area contributed by atoms with Gasteiger partial charge in [-0.05, 0) is 36.1 Å². The number of carbonyl (C=O) groups excluding carboxylic acids is 2. The van der Waals surface area contributed by atoms with Gasteiger partial charge in [-0.25, -0.2) is 4.79 Å². The summed E-state index contributed by atoms with van der Waals surface area (Å²) in [5, 5.41) is 3.59. The van der Waals surface area contributed by atoms with Crippen LogP contribution in [0.3, 0.4) is 0 Å². The third kappa shape index (κ3) is 3.95. The second-order valence-corrected chi connectivity index (χ2v) is 8.70. The smallest absolute Gasteiger partial charge is 0.355 e. The maximum atomic E-state index is 13.4. The van der Waals surface area contributed by atoms with Crippen LogP contribution in [0.5, 0.6) is 0 Å². The molecular weight excluding hydrogens is 444 g/mol. The Kier molecular flexibility index (Phi) is 6.72. The van der Waals surface area contributed by atoms with Crippen LogP contribution in [0.25, 0.3) is 0 Å². The number of likely N-dealkylation sites (tertiary alicyclic amines) is 1. The zero-order valence-electron chi connectivity index (χ0n) is 19.3. The SMILES string of the molecule is COC(=O)C(=C(C)C)N1C(=O)C(NC(c2ccccc2)(c2ccccc2)c2ccccc2)C1=S. The largest absolute Gasteiger partial charge is 0.464 e. The molecule has 1 saturated heterocycles. The average molecular weight is 471 g/mol. The van der Waals surface area contributed by atoms with Crippen LogP contribution in [-0.2, 0) is 19.9 Å². The standard InChI is InChI=1S/C28H26N2O3S/c1-19(2)24(27(32)33-3)30-25(31)23(26(30)34)29-28(20-13-7-4-8-14-20,21-15-9-5-10-16-21)22-17-11-6-12-18-22/h4-18,23,29H,1-3H3. The Balaban J connectivity index is 1.84. The van der Waals surface area contributed by atoms with Gasteiger partial charge >= 0.3 is 5.97 Å². The molecule has 5 nitrogen and oxygen atoms in total. The van der Waals surface area contributed by atoms with Crippen LogP contribution in [0.1, 0.15) is 30.5 Å². The van der Waals surface area contributed by atoms with Crippen LogP contribution >= 0.6 is 12.2 Å². The Labute approximate surface area is 205 Å². The summed E-state index contributed by atoms with van der Waals surface area (Å²) in [5.74, 6) is -0.881. The molecule has 1 aliphatic heterocycles. The molecule has 0 aliphatic carbocycles. The fraction of sp³-hybridized carbons (Fsp3) is 0.179. The highest BCUT2D eigenvalue weighted by Gasteiger charge is 2.51. The molecule has 0 spiro atoms. The number of rotatable bonds is 7. The summed E-state index contributed by atoms with van der Waals surface area (Å²) in [5.41, 5.74) is 2.88. The highest BCUT2D eigenvalue weighted by Crippen LogP contribution is 2.39. The lowest BCUT2D eigenvalue weighted by atomic mass is 9.76. The van der Waals surface area contributed by atoms with Gasteiger partial charge in [-0.3, -0.25) is 15.0 Å². The number of hydrogen-bond acceptors (Lipinski definition) is 5.